The van der Waals surface area contributed by atoms with Gasteiger partial charge in [0.25, 0.3) is 0 Å². The van der Waals surface area contributed by atoms with Gasteiger partial charge in [0.05, 0.1) is 12.1 Å². The van der Waals surface area contributed by atoms with E-state index in [1.165, 1.54) is 25.7 Å². The quantitative estimate of drug-likeness (QED) is 0.915. The number of rotatable bonds is 3. The number of nitrogens with zero attached hydrogens (tertiary/aromatic N) is 2. The highest BCUT2D eigenvalue weighted by Gasteiger charge is 2.22. The van der Waals surface area contributed by atoms with Crippen molar-refractivity contribution < 1.29 is 4.74 Å². The summed E-state index contributed by atoms with van der Waals surface area (Å²) < 4.78 is 5.42. The van der Waals surface area contributed by atoms with E-state index in [0.717, 1.165) is 22.9 Å². The molecule has 2 aromatic rings. The molecule has 1 aliphatic rings. The molecule has 1 N–H and O–H groups in total. The fraction of sp³-hybridized carbons (Fsp3) is 0.600. The maximum Gasteiger partial charge on any atom is 0.215 e. The lowest BCUT2D eigenvalue weighted by molar-refractivity contribution is 0.328. The van der Waals surface area contributed by atoms with Crippen LogP contribution < -0.4 is 4.74 Å². The average molecular weight is 259 g/mol. The Morgan fingerprint density at radius 3 is 2.74 bits per heavy atom. The van der Waals surface area contributed by atoms with Gasteiger partial charge in [0.1, 0.15) is 5.82 Å². The van der Waals surface area contributed by atoms with Crippen LogP contribution in [0.25, 0.3) is 11.2 Å². The van der Waals surface area contributed by atoms with Gasteiger partial charge >= 0.3 is 0 Å². The van der Waals surface area contributed by atoms with E-state index in [-0.39, 0.29) is 0 Å². The minimum atomic E-state index is 0.570. The molecular formula is C15H21N3O. The molecule has 2 heterocycles. The Balaban J connectivity index is 1.84. The third kappa shape index (κ3) is 2.57. The van der Waals surface area contributed by atoms with E-state index in [1.54, 1.807) is 0 Å². The van der Waals surface area contributed by atoms with E-state index in [4.69, 9.17) is 4.74 Å². The normalized spacial score (nSPS) is 23.7. The summed E-state index contributed by atoms with van der Waals surface area (Å²) in [6.07, 6.45) is 5.08. The van der Waals surface area contributed by atoms with E-state index >= 15 is 0 Å². The smallest absolute Gasteiger partial charge is 0.215 e. The number of aromatic nitrogens is 3. The molecular weight excluding hydrogens is 238 g/mol. The van der Waals surface area contributed by atoms with Crippen molar-refractivity contribution in [3.05, 3.63) is 18.0 Å². The number of pyridine rings is 1. The molecule has 2 aromatic heterocycles. The summed E-state index contributed by atoms with van der Waals surface area (Å²) in [7, 11) is 0. The molecule has 0 unspecified atom stereocenters. The number of aromatic amines is 1. The summed E-state index contributed by atoms with van der Waals surface area (Å²) in [4.78, 5) is 12.5. The zero-order valence-electron chi connectivity index (χ0n) is 11.6. The van der Waals surface area contributed by atoms with Gasteiger partial charge in [0.15, 0.2) is 5.65 Å². The molecule has 0 bridgehead atoms. The monoisotopic (exact) mass is 259 g/mol. The number of imidazole rings is 1. The summed E-state index contributed by atoms with van der Waals surface area (Å²) in [5.74, 6) is 3.19. The van der Waals surface area contributed by atoms with Crippen molar-refractivity contribution in [2.45, 2.75) is 45.4 Å². The highest BCUT2D eigenvalue weighted by molar-refractivity contribution is 5.71. The maximum atomic E-state index is 5.42. The summed E-state index contributed by atoms with van der Waals surface area (Å²) in [5, 5.41) is 0. The highest BCUT2D eigenvalue weighted by Crippen LogP contribution is 2.34. The average Bonchev–Trinajstić information content (AvgIpc) is 2.83. The van der Waals surface area contributed by atoms with E-state index in [1.807, 2.05) is 19.1 Å². The van der Waals surface area contributed by atoms with Crippen molar-refractivity contribution in [2.75, 3.05) is 6.61 Å². The fourth-order valence-electron chi connectivity index (χ4n) is 2.85. The molecule has 4 nitrogen and oxygen atoms in total. The lowest BCUT2D eigenvalue weighted by atomic mass is 9.83. The summed E-state index contributed by atoms with van der Waals surface area (Å²) in [6, 6.07) is 3.91. The summed E-state index contributed by atoms with van der Waals surface area (Å²) in [5.41, 5.74) is 1.79. The van der Waals surface area contributed by atoms with Crippen LogP contribution >= 0.6 is 0 Å². The van der Waals surface area contributed by atoms with Crippen molar-refractivity contribution in [2.24, 2.45) is 5.92 Å². The van der Waals surface area contributed by atoms with Crippen LogP contribution in [-0.2, 0) is 0 Å². The van der Waals surface area contributed by atoms with Crippen LogP contribution in [0.4, 0.5) is 0 Å². The first-order valence-corrected chi connectivity index (χ1v) is 7.25. The van der Waals surface area contributed by atoms with Gasteiger partial charge in [-0.3, -0.25) is 0 Å². The molecule has 0 saturated heterocycles. The van der Waals surface area contributed by atoms with E-state index < -0.39 is 0 Å². The molecule has 1 saturated carbocycles. The fourth-order valence-corrected chi connectivity index (χ4v) is 2.85. The van der Waals surface area contributed by atoms with Gasteiger partial charge in [-0.2, -0.15) is 4.98 Å². The van der Waals surface area contributed by atoms with Gasteiger partial charge in [-0.1, -0.05) is 19.8 Å². The zero-order valence-corrected chi connectivity index (χ0v) is 11.6. The van der Waals surface area contributed by atoms with Crippen LogP contribution in [0.1, 0.15) is 51.3 Å². The standard InChI is InChI=1S/C15H21N3O/c1-3-19-13-9-8-12-15(17-13)18-14(16-12)11-6-4-10(2)5-7-11/h8-11H,3-7H2,1-2H3,(H,16,17,18). The van der Waals surface area contributed by atoms with Crippen molar-refractivity contribution in [3.63, 3.8) is 0 Å². The Labute approximate surface area is 113 Å². The van der Waals surface area contributed by atoms with Gasteiger partial charge in [-0.05, 0) is 31.7 Å². The Kier molecular flexibility index (Phi) is 3.40. The molecule has 0 radical (unpaired) electrons. The number of nitrogens with one attached hydrogen (secondary N) is 1. The SMILES string of the molecule is CCOc1ccc2[nH]c(C3CCC(C)CC3)nc2n1. The first-order chi connectivity index (χ1) is 9.26. The Morgan fingerprint density at radius 2 is 2.00 bits per heavy atom. The minimum absolute atomic E-state index is 0.570. The topological polar surface area (TPSA) is 50.8 Å². The van der Waals surface area contributed by atoms with Gasteiger partial charge in [-0.25, -0.2) is 4.98 Å². The number of hydrogen-bond donors (Lipinski definition) is 1. The van der Waals surface area contributed by atoms with Crippen LogP contribution in [0, 0.1) is 5.92 Å². The molecule has 102 valence electrons. The van der Waals surface area contributed by atoms with Gasteiger partial charge in [-0.15, -0.1) is 0 Å². The van der Waals surface area contributed by atoms with E-state index in [0.29, 0.717) is 18.4 Å². The summed E-state index contributed by atoms with van der Waals surface area (Å²) >= 11 is 0. The molecule has 0 aliphatic heterocycles. The predicted molar refractivity (Wildman–Crippen MR) is 75.4 cm³/mol. The summed E-state index contributed by atoms with van der Waals surface area (Å²) in [6.45, 7) is 4.94. The number of H-pyrrole nitrogens is 1. The number of hydrogen-bond acceptors (Lipinski definition) is 3. The Hall–Kier alpha value is -1.58. The first-order valence-electron chi connectivity index (χ1n) is 7.25. The number of ether oxygens (including phenoxy) is 1. The molecule has 0 spiro atoms. The minimum Gasteiger partial charge on any atom is -0.478 e. The molecule has 19 heavy (non-hydrogen) atoms. The van der Waals surface area contributed by atoms with Gasteiger partial charge in [0, 0.05) is 12.0 Å². The van der Waals surface area contributed by atoms with Crippen LogP contribution in [0.15, 0.2) is 12.1 Å². The van der Waals surface area contributed by atoms with Crippen molar-refractivity contribution in [3.8, 4) is 5.88 Å². The highest BCUT2D eigenvalue weighted by atomic mass is 16.5. The molecule has 1 aliphatic carbocycles. The van der Waals surface area contributed by atoms with Gasteiger partial charge < -0.3 is 9.72 Å². The van der Waals surface area contributed by atoms with Crippen molar-refractivity contribution >= 4 is 11.2 Å². The van der Waals surface area contributed by atoms with Crippen LogP contribution in [-0.4, -0.2) is 21.6 Å². The van der Waals surface area contributed by atoms with Crippen molar-refractivity contribution in [1.29, 1.82) is 0 Å². The molecule has 0 atom stereocenters. The second-order valence-corrected chi connectivity index (χ2v) is 5.53. The maximum absolute atomic E-state index is 5.42. The van der Waals surface area contributed by atoms with E-state index in [2.05, 4.69) is 21.9 Å². The van der Waals surface area contributed by atoms with Gasteiger partial charge in [0.2, 0.25) is 5.88 Å². The molecule has 1 fully saturated rings. The predicted octanol–water partition coefficient (Wildman–Crippen LogP) is 3.65. The lowest BCUT2D eigenvalue weighted by Gasteiger charge is -2.24. The first kappa shape index (κ1) is 12.5. The Bertz CT molecular complexity index is 556. The van der Waals surface area contributed by atoms with Crippen LogP contribution in [0.2, 0.25) is 0 Å². The van der Waals surface area contributed by atoms with E-state index in [9.17, 15) is 0 Å². The van der Waals surface area contributed by atoms with Crippen LogP contribution in [0.3, 0.4) is 0 Å². The van der Waals surface area contributed by atoms with Crippen LogP contribution in [0.5, 0.6) is 5.88 Å². The second-order valence-electron chi connectivity index (χ2n) is 5.53. The second kappa shape index (κ2) is 5.19. The third-order valence-corrected chi connectivity index (χ3v) is 4.03. The lowest BCUT2D eigenvalue weighted by Crippen LogP contribution is -2.11. The molecule has 0 amide bonds. The molecule has 0 aromatic carbocycles. The molecule has 3 rings (SSSR count). The third-order valence-electron chi connectivity index (χ3n) is 4.03. The van der Waals surface area contributed by atoms with Crippen molar-refractivity contribution in [1.82, 2.24) is 15.0 Å². The number of fused-ring (bicyclic) bond motifs is 1. The Morgan fingerprint density at radius 1 is 1.21 bits per heavy atom. The zero-order chi connectivity index (χ0) is 13.2. The molecule has 4 heteroatoms. The largest absolute Gasteiger partial charge is 0.478 e.